The highest BCUT2D eigenvalue weighted by Crippen LogP contribution is 2.48. The molecule has 14 nitrogen and oxygen atoms in total. The number of nitrogens with zero attached hydrogens (tertiary/aromatic N) is 2. The molecule has 7 atom stereocenters. The Bertz CT molecular complexity index is 2150. The lowest BCUT2D eigenvalue weighted by atomic mass is 9.83. The fourth-order valence-corrected chi connectivity index (χ4v) is 9.45. The van der Waals surface area contributed by atoms with E-state index in [9.17, 15) is 49.5 Å². The molecule has 4 amide bonds. The maximum Gasteiger partial charge on any atom is 0.427 e. The summed E-state index contributed by atoms with van der Waals surface area (Å²) in [5.41, 5.74) is -4.63. The Balaban J connectivity index is 1.34. The van der Waals surface area contributed by atoms with E-state index < -0.39 is 105 Å². The Kier molecular flexibility index (Phi) is 12.4. The van der Waals surface area contributed by atoms with Gasteiger partial charge < -0.3 is 29.7 Å². The van der Waals surface area contributed by atoms with Crippen molar-refractivity contribution in [2.45, 2.75) is 107 Å². The van der Waals surface area contributed by atoms with Crippen molar-refractivity contribution in [3.63, 3.8) is 0 Å². The number of pyridine rings is 1. The van der Waals surface area contributed by atoms with Crippen molar-refractivity contribution >= 4 is 44.6 Å². The summed E-state index contributed by atoms with van der Waals surface area (Å²) in [6, 6.07) is 2.57. The van der Waals surface area contributed by atoms with Gasteiger partial charge in [-0.3, -0.25) is 19.1 Å². The van der Waals surface area contributed by atoms with Gasteiger partial charge in [0.05, 0.1) is 25.0 Å². The number of hydrogen-bond acceptors (Lipinski definition) is 10. The number of ether oxygens (including phenoxy) is 3. The monoisotopic (exact) mass is 871 g/mol. The molecule has 60 heavy (non-hydrogen) atoms. The average molecular weight is 872 g/mol. The first-order valence-corrected chi connectivity index (χ1v) is 21.3. The molecule has 2 saturated carbocycles. The third kappa shape index (κ3) is 8.98. The first kappa shape index (κ1) is 44.8. The van der Waals surface area contributed by atoms with Gasteiger partial charge in [-0.1, -0.05) is 26.0 Å². The van der Waals surface area contributed by atoms with Gasteiger partial charge in [-0.15, -0.1) is 0 Å². The van der Waals surface area contributed by atoms with Crippen LogP contribution in [0.5, 0.6) is 11.6 Å². The average Bonchev–Trinajstić information content (AvgIpc) is 4.07. The van der Waals surface area contributed by atoms with Gasteiger partial charge >= 0.3 is 12.3 Å². The minimum atomic E-state index is -4.90. The number of methoxy groups -OCH3 is 1. The van der Waals surface area contributed by atoms with Crippen molar-refractivity contribution in [3.8, 4) is 11.6 Å². The van der Waals surface area contributed by atoms with Gasteiger partial charge in [0.2, 0.25) is 33.3 Å². The number of benzene rings is 1. The topological polar surface area (TPSA) is 182 Å². The second kappa shape index (κ2) is 16.6. The maximum absolute atomic E-state index is 14.8. The molecular formula is C40H50F5N5O9S. The van der Waals surface area contributed by atoms with E-state index in [-0.39, 0.29) is 55.2 Å². The van der Waals surface area contributed by atoms with Gasteiger partial charge in [0.15, 0.2) is 0 Å². The molecule has 4 aliphatic rings. The van der Waals surface area contributed by atoms with Gasteiger partial charge in [-0.05, 0) is 76.3 Å². The van der Waals surface area contributed by atoms with Crippen LogP contribution < -0.4 is 24.8 Å². The molecule has 1 saturated heterocycles. The van der Waals surface area contributed by atoms with Crippen LogP contribution >= 0.6 is 0 Å². The van der Waals surface area contributed by atoms with E-state index in [1.807, 2.05) is 17.7 Å². The van der Waals surface area contributed by atoms with E-state index in [1.54, 1.807) is 19.1 Å². The van der Waals surface area contributed by atoms with Crippen molar-refractivity contribution in [1.82, 2.24) is 25.2 Å². The van der Waals surface area contributed by atoms with Crippen molar-refractivity contribution in [2.75, 3.05) is 26.9 Å². The van der Waals surface area contributed by atoms with E-state index in [2.05, 4.69) is 15.6 Å². The summed E-state index contributed by atoms with van der Waals surface area (Å²) in [5.74, 6) is -5.36. The fourth-order valence-electron chi connectivity index (χ4n) is 8.03. The highest BCUT2D eigenvalue weighted by atomic mass is 32.2. The Labute approximate surface area is 344 Å². The molecular weight excluding hydrogens is 822 g/mol. The van der Waals surface area contributed by atoms with Crippen molar-refractivity contribution in [2.24, 2.45) is 23.7 Å². The Morgan fingerprint density at radius 1 is 1.10 bits per heavy atom. The predicted molar refractivity (Wildman–Crippen MR) is 206 cm³/mol. The van der Waals surface area contributed by atoms with Crippen LogP contribution in [0.3, 0.4) is 0 Å². The van der Waals surface area contributed by atoms with E-state index in [4.69, 9.17) is 14.2 Å². The van der Waals surface area contributed by atoms with Crippen LogP contribution in [0.25, 0.3) is 10.8 Å². The van der Waals surface area contributed by atoms with Crippen molar-refractivity contribution < 1.29 is 63.8 Å². The number of alkyl halides is 4. The smallest absolute Gasteiger partial charge is 0.427 e. The third-order valence-corrected chi connectivity index (χ3v) is 14.3. The summed E-state index contributed by atoms with van der Waals surface area (Å²) >= 11 is 0. The first-order valence-electron chi connectivity index (χ1n) is 19.8. The molecule has 3 fully saturated rings. The lowest BCUT2D eigenvalue weighted by Crippen LogP contribution is -2.58. The second-order valence-electron chi connectivity index (χ2n) is 17.0. The minimum Gasteiger partial charge on any atom is -0.496 e. The van der Waals surface area contributed by atoms with E-state index >= 15 is 0 Å². The quantitative estimate of drug-likeness (QED) is 0.211. The lowest BCUT2D eigenvalue weighted by molar-refractivity contribution is -0.243. The number of alkyl carbamates (subject to hydrolysis) is 1. The third-order valence-electron chi connectivity index (χ3n) is 12.2. The number of carbonyl (C=O) groups excluding carboxylic acids is 4. The Morgan fingerprint density at radius 3 is 2.47 bits per heavy atom. The standard InChI is InChI=1S/C40H50F5N5O9S/c1-22-8-6-7-9-24-18-39(24,35(53)49-60(55,56)38(21-41)11-12-38)48-32(51)30-17-26(58-33-28-15-25(42)16-31(57-5)27(28)10-13-46-33)20-50(30)34(52)29(23(2)14-22)19-47-36(54)59-37(3,4)40(43,44)45/h7,9-10,13,15-16,22-24,26,29-30H,6,8,11-12,14,17-21H2,1-5H3,(H,47,54)(H,48,51)(H,49,53). The molecule has 1 aromatic heterocycles. The van der Waals surface area contributed by atoms with Crippen LogP contribution in [0.2, 0.25) is 0 Å². The number of allylic oxidation sites excluding steroid dienone is 1. The van der Waals surface area contributed by atoms with Crippen LogP contribution in [-0.2, 0) is 29.1 Å². The number of aromatic nitrogens is 1. The molecule has 1 aromatic carbocycles. The normalized spacial score (nSPS) is 28.3. The maximum atomic E-state index is 14.8. The fraction of sp³-hybridized carbons (Fsp3) is 0.625. The number of halogens is 5. The molecule has 0 bridgehead atoms. The number of nitrogens with one attached hydrogen (secondary N) is 3. The molecule has 0 spiro atoms. The Morgan fingerprint density at radius 2 is 1.82 bits per heavy atom. The van der Waals surface area contributed by atoms with Gasteiger partial charge in [0.1, 0.15) is 40.7 Å². The van der Waals surface area contributed by atoms with Crippen LogP contribution in [0.15, 0.2) is 36.5 Å². The molecule has 3 N–H and O–H groups in total. The van der Waals surface area contributed by atoms with Crippen LogP contribution in [0.4, 0.5) is 26.7 Å². The minimum absolute atomic E-state index is 0.00263. The SMILES string of the molecule is COc1cc(F)cc2c(OC3CC4C(=O)NC5(C(=O)NS(=O)(=O)C6(CF)CC6)CC5C=CCCC(C)CC(C)C(CNC(=O)OC(C)(C)C(F)(F)F)C(=O)N4C3)nccc12. The van der Waals surface area contributed by atoms with Gasteiger partial charge in [0.25, 0.3) is 5.91 Å². The van der Waals surface area contributed by atoms with Gasteiger partial charge in [-0.2, -0.15) is 13.2 Å². The zero-order valence-electron chi connectivity index (χ0n) is 33.9. The summed E-state index contributed by atoms with van der Waals surface area (Å²) in [4.78, 5) is 61.4. The Hall–Kier alpha value is -4.75. The summed E-state index contributed by atoms with van der Waals surface area (Å²) in [6.07, 6.45) is -0.970. The van der Waals surface area contributed by atoms with Gasteiger partial charge in [-0.25, -0.2) is 27.0 Å². The first-order chi connectivity index (χ1) is 28.1. The van der Waals surface area contributed by atoms with Crippen molar-refractivity contribution in [1.29, 1.82) is 0 Å². The van der Waals surface area contributed by atoms with Crippen LogP contribution in [-0.4, -0.2) is 103 Å². The number of carbonyl (C=O) groups is 4. The summed E-state index contributed by atoms with van der Waals surface area (Å²) in [5, 5.41) is 5.71. The molecule has 2 aliphatic heterocycles. The van der Waals surface area contributed by atoms with Crippen LogP contribution in [0.1, 0.15) is 72.6 Å². The molecule has 2 aliphatic carbocycles. The number of rotatable bonds is 10. The molecule has 20 heteroatoms. The molecule has 3 heterocycles. The number of hydrogen-bond donors (Lipinski definition) is 3. The summed E-state index contributed by atoms with van der Waals surface area (Å²) in [6.45, 7) is 3.12. The number of sulfonamides is 1. The van der Waals surface area contributed by atoms with Crippen molar-refractivity contribution in [3.05, 3.63) is 42.4 Å². The van der Waals surface area contributed by atoms with E-state index in [0.717, 1.165) is 0 Å². The summed E-state index contributed by atoms with van der Waals surface area (Å²) < 4.78 is 112. The lowest BCUT2D eigenvalue weighted by Gasteiger charge is -2.33. The highest BCUT2D eigenvalue weighted by Gasteiger charge is 2.64. The molecule has 0 radical (unpaired) electrons. The number of amides is 4. The zero-order valence-corrected chi connectivity index (χ0v) is 34.7. The molecule has 6 rings (SSSR count). The van der Waals surface area contributed by atoms with Gasteiger partial charge in [0, 0.05) is 36.5 Å². The molecule has 7 unspecified atom stereocenters. The second-order valence-corrected chi connectivity index (χ2v) is 19.1. The molecule has 2 aromatic rings. The summed E-state index contributed by atoms with van der Waals surface area (Å²) in [7, 11) is -3.12. The predicted octanol–water partition coefficient (Wildman–Crippen LogP) is 5.25. The number of fused-ring (bicyclic) bond motifs is 3. The zero-order chi connectivity index (χ0) is 44.0. The highest BCUT2D eigenvalue weighted by molar-refractivity contribution is 7.91. The molecule has 330 valence electrons. The van der Waals surface area contributed by atoms with E-state index in [0.29, 0.717) is 38.5 Å². The van der Waals surface area contributed by atoms with E-state index in [1.165, 1.54) is 30.3 Å². The largest absolute Gasteiger partial charge is 0.496 e. The van der Waals surface area contributed by atoms with Crippen LogP contribution in [0, 0.1) is 29.5 Å².